The summed E-state index contributed by atoms with van der Waals surface area (Å²) in [5.41, 5.74) is 1.16. The van der Waals surface area contributed by atoms with E-state index < -0.39 is 16.6 Å². The van der Waals surface area contributed by atoms with Crippen molar-refractivity contribution >= 4 is 39.2 Å². The van der Waals surface area contributed by atoms with E-state index in [2.05, 4.69) is 0 Å². The lowest BCUT2D eigenvalue weighted by atomic mass is 9.97. The summed E-state index contributed by atoms with van der Waals surface area (Å²) in [6, 6.07) is 11.0. The van der Waals surface area contributed by atoms with Gasteiger partial charge in [0, 0.05) is 13.1 Å². The fraction of sp³-hybridized carbons (Fsp3) is 0.391. The highest BCUT2D eigenvalue weighted by Crippen LogP contribution is 2.32. The molecular formula is C23H27ClN2O6S. The van der Waals surface area contributed by atoms with Crippen molar-refractivity contribution in [3.05, 3.63) is 53.1 Å². The van der Waals surface area contributed by atoms with Crippen molar-refractivity contribution in [1.29, 1.82) is 0 Å². The standard InChI is InChI=1S/C23H27ClN2O6S/c1-16-4-7-19(8-5-16)33(29,30)26(18-6-9-21(31-2)20(24)14-18)15-22(27)25-12-10-17(11-13-25)23(28)32-3/h4-9,14,17H,10-13,15H2,1-3H3. The van der Waals surface area contributed by atoms with Gasteiger partial charge in [-0.05, 0) is 50.1 Å². The van der Waals surface area contributed by atoms with E-state index in [4.69, 9.17) is 21.1 Å². The third-order valence-corrected chi connectivity index (χ3v) is 7.78. The lowest BCUT2D eigenvalue weighted by Gasteiger charge is -2.33. The number of anilines is 1. The Bertz CT molecular complexity index is 1110. The van der Waals surface area contributed by atoms with Crippen LogP contribution in [0, 0.1) is 12.8 Å². The van der Waals surface area contributed by atoms with E-state index in [0.717, 1.165) is 9.87 Å². The Morgan fingerprint density at radius 2 is 1.73 bits per heavy atom. The third kappa shape index (κ3) is 5.59. The molecule has 33 heavy (non-hydrogen) atoms. The minimum atomic E-state index is -4.06. The van der Waals surface area contributed by atoms with Crippen molar-refractivity contribution in [1.82, 2.24) is 4.90 Å². The van der Waals surface area contributed by atoms with Crippen LogP contribution in [0.3, 0.4) is 0 Å². The van der Waals surface area contributed by atoms with Crippen molar-refractivity contribution in [2.75, 3.05) is 38.2 Å². The number of esters is 1. The van der Waals surface area contributed by atoms with Gasteiger partial charge < -0.3 is 14.4 Å². The van der Waals surface area contributed by atoms with E-state index in [1.165, 1.54) is 32.4 Å². The number of piperidine rings is 1. The largest absolute Gasteiger partial charge is 0.495 e. The first-order chi connectivity index (χ1) is 15.7. The molecule has 0 spiro atoms. The Hall–Kier alpha value is -2.78. The van der Waals surface area contributed by atoms with Crippen molar-refractivity contribution in [2.24, 2.45) is 5.92 Å². The number of nitrogens with zero attached hydrogens (tertiary/aromatic N) is 2. The maximum atomic E-state index is 13.5. The van der Waals surface area contributed by atoms with Crippen LogP contribution in [0.1, 0.15) is 18.4 Å². The molecule has 0 radical (unpaired) electrons. The molecule has 1 aliphatic rings. The first-order valence-corrected chi connectivity index (χ1v) is 12.3. The van der Waals surface area contributed by atoms with Gasteiger partial charge in [-0.3, -0.25) is 13.9 Å². The number of ether oxygens (including phenoxy) is 2. The molecule has 0 unspecified atom stereocenters. The Morgan fingerprint density at radius 1 is 1.09 bits per heavy atom. The molecule has 1 amide bonds. The Labute approximate surface area is 199 Å². The second-order valence-electron chi connectivity index (χ2n) is 7.82. The van der Waals surface area contributed by atoms with E-state index in [1.807, 2.05) is 6.92 Å². The molecule has 1 heterocycles. The lowest BCUT2D eigenvalue weighted by molar-refractivity contribution is -0.148. The van der Waals surface area contributed by atoms with Crippen LogP contribution in [0.4, 0.5) is 5.69 Å². The lowest BCUT2D eigenvalue weighted by Crippen LogP contribution is -2.46. The van der Waals surface area contributed by atoms with Gasteiger partial charge in [0.15, 0.2) is 0 Å². The molecule has 0 N–H and O–H groups in total. The van der Waals surface area contributed by atoms with Crippen molar-refractivity contribution in [2.45, 2.75) is 24.7 Å². The third-order valence-electron chi connectivity index (χ3n) is 5.69. The van der Waals surface area contributed by atoms with Crippen LogP contribution < -0.4 is 9.04 Å². The molecule has 0 bridgehead atoms. The topological polar surface area (TPSA) is 93.2 Å². The van der Waals surface area contributed by atoms with Gasteiger partial charge in [0.2, 0.25) is 5.91 Å². The van der Waals surface area contributed by atoms with Gasteiger partial charge in [0.25, 0.3) is 10.0 Å². The van der Waals surface area contributed by atoms with Crippen molar-refractivity contribution in [3.63, 3.8) is 0 Å². The van der Waals surface area contributed by atoms with Crippen LogP contribution in [0.2, 0.25) is 5.02 Å². The van der Waals surface area contributed by atoms with Crippen LogP contribution in [0.5, 0.6) is 5.75 Å². The number of halogens is 1. The summed E-state index contributed by atoms with van der Waals surface area (Å²) in [6.45, 7) is 2.15. The summed E-state index contributed by atoms with van der Waals surface area (Å²) in [4.78, 5) is 26.5. The summed E-state index contributed by atoms with van der Waals surface area (Å²) >= 11 is 6.25. The van der Waals surface area contributed by atoms with Crippen LogP contribution >= 0.6 is 11.6 Å². The van der Waals surface area contributed by atoms with E-state index >= 15 is 0 Å². The number of aryl methyl sites for hydroxylation is 1. The maximum absolute atomic E-state index is 13.5. The molecule has 2 aromatic carbocycles. The molecule has 8 nitrogen and oxygen atoms in total. The molecular weight excluding hydrogens is 468 g/mol. The number of benzene rings is 2. The smallest absolute Gasteiger partial charge is 0.308 e. The molecule has 1 aliphatic heterocycles. The fourth-order valence-corrected chi connectivity index (χ4v) is 5.37. The first kappa shape index (κ1) is 24.9. The Morgan fingerprint density at radius 3 is 2.27 bits per heavy atom. The second-order valence-corrected chi connectivity index (χ2v) is 10.1. The number of likely N-dealkylation sites (tertiary alicyclic amines) is 1. The predicted octanol–water partition coefficient (Wildman–Crippen LogP) is 3.26. The molecule has 3 rings (SSSR count). The van der Waals surface area contributed by atoms with Gasteiger partial charge in [-0.25, -0.2) is 8.42 Å². The van der Waals surface area contributed by atoms with Gasteiger partial charge in [0.1, 0.15) is 12.3 Å². The van der Waals surface area contributed by atoms with Gasteiger partial charge in [0.05, 0.1) is 35.7 Å². The SMILES string of the molecule is COC(=O)C1CCN(C(=O)CN(c2ccc(OC)c(Cl)c2)S(=O)(=O)c2ccc(C)cc2)CC1. The Balaban J connectivity index is 1.89. The molecule has 0 saturated carbocycles. The quantitative estimate of drug-likeness (QED) is 0.548. The fourth-order valence-electron chi connectivity index (χ4n) is 3.72. The van der Waals surface area contributed by atoms with Gasteiger partial charge in [-0.15, -0.1) is 0 Å². The van der Waals surface area contributed by atoms with Crippen LogP contribution in [0.15, 0.2) is 47.4 Å². The number of methoxy groups -OCH3 is 2. The van der Waals surface area contributed by atoms with Gasteiger partial charge in [-0.1, -0.05) is 29.3 Å². The van der Waals surface area contributed by atoms with Crippen LogP contribution in [-0.4, -0.2) is 59.0 Å². The molecule has 10 heteroatoms. The number of hydrogen-bond donors (Lipinski definition) is 0. The van der Waals surface area contributed by atoms with Gasteiger partial charge in [-0.2, -0.15) is 0 Å². The molecule has 178 valence electrons. The summed E-state index contributed by atoms with van der Waals surface area (Å²) < 4.78 is 38.1. The number of amides is 1. The van der Waals surface area contributed by atoms with Crippen LogP contribution in [0.25, 0.3) is 0 Å². The van der Waals surface area contributed by atoms with Gasteiger partial charge >= 0.3 is 5.97 Å². The normalized spacial score (nSPS) is 14.6. The highest BCUT2D eigenvalue weighted by Gasteiger charge is 2.32. The maximum Gasteiger partial charge on any atom is 0.308 e. The van der Waals surface area contributed by atoms with Crippen molar-refractivity contribution in [3.8, 4) is 5.75 Å². The zero-order valence-corrected chi connectivity index (χ0v) is 20.4. The summed E-state index contributed by atoms with van der Waals surface area (Å²) in [5, 5.41) is 0.227. The second kappa shape index (κ2) is 10.4. The first-order valence-electron chi connectivity index (χ1n) is 10.5. The van der Waals surface area contributed by atoms with Crippen molar-refractivity contribution < 1.29 is 27.5 Å². The molecule has 1 fully saturated rings. The van der Waals surface area contributed by atoms with E-state index in [-0.39, 0.29) is 33.4 Å². The summed E-state index contributed by atoms with van der Waals surface area (Å²) in [5.74, 6) is -0.518. The minimum absolute atomic E-state index is 0.0669. The average molecular weight is 495 g/mol. The number of hydrogen-bond acceptors (Lipinski definition) is 6. The summed E-state index contributed by atoms with van der Waals surface area (Å²) in [7, 11) is -1.25. The van der Waals surface area contributed by atoms with E-state index in [9.17, 15) is 18.0 Å². The Kier molecular flexibility index (Phi) is 7.86. The minimum Gasteiger partial charge on any atom is -0.495 e. The highest BCUT2D eigenvalue weighted by molar-refractivity contribution is 7.92. The molecule has 2 aromatic rings. The molecule has 0 aromatic heterocycles. The molecule has 0 atom stereocenters. The number of carbonyl (C=O) groups is 2. The number of rotatable bonds is 7. The van der Waals surface area contributed by atoms with E-state index in [0.29, 0.717) is 31.7 Å². The number of carbonyl (C=O) groups excluding carboxylic acids is 2. The van der Waals surface area contributed by atoms with Crippen LogP contribution in [-0.2, 0) is 24.3 Å². The monoisotopic (exact) mass is 494 g/mol. The molecule has 1 saturated heterocycles. The molecule has 0 aliphatic carbocycles. The average Bonchev–Trinajstić information content (AvgIpc) is 2.82. The zero-order valence-electron chi connectivity index (χ0n) is 18.8. The number of sulfonamides is 1. The zero-order chi connectivity index (χ0) is 24.2. The highest BCUT2D eigenvalue weighted by atomic mass is 35.5. The van der Waals surface area contributed by atoms with E-state index in [1.54, 1.807) is 29.2 Å². The summed E-state index contributed by atoms with van der Waals surface area (Å²) in [6.07, 6.45) is 0.939. The predicted molar refractivity (Wildman–Crippen MR) is 125 cm³/mol.